The molecule has 1 rings (SSSR count). The molecule has 0 heterocycles. The second-order valence-corrected chi connectivity index (χ2v) is 3.15. The lowest BCUT2D eigenvalue weighted by Gasteiger charge is -2.18. The molecule has 0 aliphatic heterocycles. The number of aliphatic carboxylic acids is 1. The zero-order valence-corrected chi connectivity index (χ0v) is 8.25. The van der Waals surface area contributed by atoms with Crippen LogP contribution in [0, 0.1) is 5.82 Å². The fraction of sp³-hybridized carbons (Fsp3) is 0.300. The van der Waals surface area contributed by atoms with Crippen molar-refractivity contribution in [3.8, 4) is 5.75 Å². The lowest BCUT2D eigenvalue weighted by molar-refractivity contribution is -0.150. The van der Waals surface area contributed by atoms with Gasteiger partial charge in [0, 0.05) is 5.56 Å². The molecule has 1 aromatic carbocycles. The van der Waals surface area contributed by atoms with E-state index in [4.69, 9.17) is 9.84 Å². The largest absolute Gasteiger partial charge is 0.496 e. The first-order valence-corrected chi connectivity index (χ1v) is 4.16. The van der Waals surface area contributed by atoms with Crippen molar-refractivity contribution < 1.29 is 23.4 Å². The topological polar surface area (TPSA) is 46.5 Å². The Hall–Kier alpha value is -1.65. The van der Waals surface area contributed by atoms with Gasteiger partial charge in [-0.1, -0.05) is 0 Å². The van der Waals surface area contributed by atoms with E-state index >= 15 is 0 Å². The van der Waals surface area contributed by atoms with Gasteiger partial charge < -0.3 is 9.84 Å². The molecule has 0 amide bonds. The minimum Gasteiger partial charge on any atom is -0.496 e. The molecule has 1 N–H and O–H groups in total. The number of benzene rings is 1. The van der Waals surface area contributed by atoms with Crippen LogP contribution in [0.15, 0.2) is 18.2 Å². The van der Waals surface area contributed by atoms with Gasteiger partial charge in [-0.3, -0.25) is 0 Å². The van der Waals surface area contributed by atoms with Crippen molar-refractivity contribution in [1.82, 2.24) is 0 Å². The Morgan fingerprint density at radius 2 is 2.13 bits per heavy atom. The number of ether oxygens (including phenoxy) is 1. The van der Waals surface area contributed by atoms with E-state index in [1.165, 1.54) is 13.2 Å². The SMILES string of the molecule is COc1ccc(F)cc1C(C)(F)C(=O)O. The van der Waals surface area contributed by atoms with E-state index in [-0.39, 0.29) is 11.3 Å². The summed E-state index contributed by atoms with van der Waals surface area (Å²) in [6.45, 7) is 0.840. The molecule has 0 aliphatic carbocycles. The van der Waals surface area contributed by atoms with Gasteiger partial charge in [0.05, 0.1) is 7.11 Å². The van der Waals surface area contributed by atoms with E-state index in [9.17, 15) is 13.6 Å². The van der Waals surface area contributed by atoms with E-state index in [0.29, 0.717) is 0 Å². The molecule has 0 aliphatic rings. The summed E-state index contributed by atoms with van der Waals surface area (Å²) in [6.07, 6.45) is 0. The highest BCUT2D eigenvalue weighted by atomic mass is 19.1. The monoisotopic (exact) mass is 216 g/mol. The van der Waals surface area contributed by atoms with Crippen molar-refractivity contribution in [3.63, 3.8) is 0 Å². The minimum absolute atomic E-state index is 0.00352. The standard InChI is InChI=1S/C10H10F2O3/c1-10(12,9(13)14)7-5-6(11)3-4-8(7)15-2/h3-5H,1-2H3,(H,13,14). The zero-order chi connectivity index (χ0) is 11.6. The molecule has 0 saturated heterocycles. The number of carbonyl (C=O) groups is 1. The summed E-state index contributed by atoms with van der Waals surface area (Å²) in [5.74, 6) is -2.40. The first-order valence-electron chi connectivity index (χ1n) is 4.16. The molecule has 1 atom stereocenters. The van der Waals surface area contributed by atoms with Crippen LogP contribution in [0.2, 0.25) is 0 Å². The number of hydrogen-bond acceptors (Lipinski definition) is 2. The molecule has 1 aromatic rings. The normalized spacial score (nSPS) is 14.4. The first-order chi connectivity index (χ1) is 6.89. The Kier molecular flexibility index (Phi) is 2.93. The van der Waals surface area contributed by atoms with Crippen LogP contribution in [0.25, 0.3) is 0 Å². The van der Waals surface area contributed by atoms with E-state index in [0.717, 1.165) is 19.1 Å². The number of halogens is 2. The number of carboxylic acids is 1. The van der Waals surface area contributed by atoms with E-state index < -0.39 is 17.5 Å². The maximum absolute atomic E-state index is 13.7. The number of carboxylic acid groups (broad SMARTS) is 1. The van der Waals surface area contributed by atoms with Gasteiger partial charge >= 0.3 is 5.97 Å². The molecule has 82 valence electrons. The summed E-state index contributed by atoms with van der Waals surface area (Å²) in [6, 6.07) is 3.07. The first kappa shape index (κ1) is 11.4. The van der Waals surface area contributed by atoms with Gasteiger partial charge in [-0.15, -0.1) is 0 Å². The molecule has 0 fully saturated rings. The maximum Gasteiger partial charge on any atom is 0.346 e. The Bertz CT molecular complexity index is 388. The van der Waals surface area contributed by atoms with Crippen LogP contribution in [-0.4, -0.2) is 18.2 Å². The molecular weight excluding hydrogens is 206 g/mol. The van der Waals surface area contributed by atoms with E-state index in [1.54, 1.807) is 0 Å². The summed E-state index contributed by atoms with van der Waals surface area (Å²) >= 11 is 0. The highest BCUT2D eigenvalue weighted by molar-refractivity contribution is 5.79. The Morgan fingerprint density at radius 3 is 2.60 bits per heavy atom. The van der Waals surface area contributed by atoms with Crippen molar-refractivity contribution >= 4 is 5.97 Å². The second kappa shape index (κ2) is 3.84. The molecule has 0 aromatic heterocycles. The van der Waals surface area contributed by atoms with Crippen molar-refractivity contribution in [3.05, 3.63) is 29.6 Å². The van der Waals surface area contributed by atoms with Gasteiger partial charge in [-0.2, -0.15) is 0 Å². The number of rotatable bonds is 3. The maximum atomic E-state index is 13.7. The molecule has 3 nitrogen and oxygen atoms in total. The Morgan fingerprint density at radius 1 is 1.53 bits per heavy atom. The van der Waals surface area contributed by atoms with Crippen LogP contribution in [0.5, 0.6) is 5.75 Å². The van der Waals surface area contributed by atoms with Gasteiger partial charge in [-0.25, -0.2) is 13.6 Å². The lowest BCUT2D eigenvalue weighted by atomic mass is 9.97. The summed E-state index contributed by atoms with van der Waals surface area (Å²) in [4.78, 5) is 10.6. The molecule has 1 unspecified atom stereocenters. The number of hydrogen-bond donors (Lipinski definition) is 1. The van der Waals surface area contributed by atoms with Crippen LogP contribution in [-0.2, 0) is 10.5 Å². The average molecular weight is 216 g/mol. The van der Waals surface area contributed by atoms with Gasteiger partial charge in [0.25, 0.3) is 0 Å². The lowest BCUT2D eigenvalue weighted by Crippen LogP contribution is -2.27. The molecular formula is C10H10F2O3. The molecule has 0 spiro atoms. The quantitative estimate of drug-likeness (QED) is 0.841. The van der Waals surface area contributed by atoms with E-state index in [2.05, 4.69) is 0 Å². The van der Waals surface area contributed by atoms with Crippen molar-refractivity contribution in [1.29, 1.82) is 0 Å². The molecule has 5 heteroatoms. The number of alkyl halides is 1. The summed E-state index contributed by atoms with van der Waals surface area (Å²) in [7, 11) is 1.26. The third-order valence-corrected chi connectivity index (χ3v) is 2.07. The highest BCUT2D eigenvalue weighted by Crippen LogP contribution is 2.33. The van der Waals surface area contributed by atoms with Gasteiger partial charge in [0.2, 0.25) is 5.67 Å². The van der Waals surface area contributed by atoms with Crippen molar-refractivity contribution in [2.24, 2.45) is 0 Å². The molecule has 0 saturated carbocycles. The fourth-order valence-electron chi connectivity index (χ4n) is 1.16. The third-order valence-electron chi connectivity index (χ3n) is 2.07. The van der Waals surface area contributed by atoms with Crippen molar-refractivity contribution in [2.75, 3.05) is 7.11 Å². The molecule has 0 radical (unpaired) electrons. The summed E-state index contributed by atoms with van der Waals surface area (Å²) in [5.41, 5.74) is -3.01. The van der Waals surface area contributed by atoms with Crippen LogP contribution in [0.4, 0.5) is 8.78 Å². The van der Waals surface area contributed by atoms with Crippen LogP contribution in [0.3, 0.4) is 0 Å². The molecule has 15 heavy (non-hydrogen) atoms. The predicted octanol–water partition coefficient (Wildman–Crippen LogP) is 2.10. The van der Waals surface area contributed by atoms with Crippen LogP contribution >= 0.6 is 0 Å². The molecule has 0 bridgehead atoms. The highest BCUT2D eigenvalue weighted by Gasteiger charge is 2.38. The third kappa shape index (κ3) is 2.06. The predicted molar refractivity (Wildman–Crippen MR) is 49.0 cm³/mol. The van der Waals surface area contributed by atoms with Gasteiger partial charge in [0.15, 0.2) is 0 Å². The van der Waals surface area contributed by atoms with Gasteiger partial charge in [0.1, 0.15) is 11.6 Å². The van der Waals surface area contributed by atoms with Crippen LogP contribution in [0.1, 0.15) is 12.5 Å². The van der Waals surface area contributed by atoms with Gasteiger partial charge in [-0.05, 0) is 25.1 Å². The second-order valence-electron chi connectivity index (χ2n) is 3.15. The van der Waals surface area contributed by atoms with Crippen LogP contribution < -0.4 is 4.74 Å². The zero-order valence-electron chi connectivity index (χ0n) is 8.25. The average Bonchev–Trinajstić information content (AvgIpc) is 2.17. The summed E-state index contributed by atoms with van der Waals surface area (Å²) in [5, 5.41) is 8.65. The van der Waals surface area contributed by atoms with E-state index in [1.807, 2.05) is 0 Å². The smallest absolute Gasteiger partial charge is 0.346 e. The minimum atomic E-state index is -2.67. The summed E-state index contributed by atoms with van der Waals surface area (Å²) < 4.78 is 31.4. The van der Waals surface area contributed by atoms with Crippen molar-refractivity contribution in [2.45, 2.75) is 12.6 Å². The fourth-order valence-corrected chi connectivity index (χ4v) is 1.16. The number of methoxy groups -OCH3 is 1. The Balaban J connectivity index is 3.34. The Labute approximate surface area is 85.3 Å².